The summed E-state index contributed by atoms with van der Waals surface area (Å²) in [6, 6.07) is 3.73. The number of carbonyl (C=O) groups excluding carboxylic acids is 2. The number of alkyl carbamates (subject to hydrolysis) is 1. The van der Waals surface area contributed by atoms with Crippen LogP contribution in [0.25, 0.3) is 0 Å². The highest BCUT2D eigenvalue weighted by molar-refractivity contribution is 7.89. The average molecular weight is 489 g/mol. The van der Waals surface area contributed by atoms with Crippen molar-refractivity contribution in [3.63, 3.8) is 0 Å². The highest BCUT2D eigenvalue weighted by atomic mass is 32.2. The third kappa shape index (κ3) is 11.0. The number of benzene rings is 1. The van der Waals surface area contributed by atoms with Gasteiger partial charge in [-0.3, -0.25) is 9.59 Å². The minimum absolute atomic E-state index is 0.346. The number of hydrogen-bond acceptors (Lipinski definition) is 8. The van der Waals surface area contributed by atoms with Crippen molar-refractivity contribution >= 4 is 28.1 Å². The number of methoxy groups -OCH3 is 1. The molecule has 0 fully saturated rings. The van der Waals surface area contributed by atoms with Crippen molar-refractivity contribution in [1.82, 2.24) is 10.0 Å². The smallest absolute Gasteiger partial charge is 0.407 e. The van der Waals surface area contributed by atoms with E-state index in [1.807, 2.05) is 13.0 Å². The molecule has 1 aromatic carbocycles. The van der Waals surface area contributed by atoms with Gasteiger partial charge in [0.25, 0.3) is 0 Å². The Morgan fingerprint density at radius 3 is 2.30 bits per heavy atom. The van der Waals surface area contributed by atoms with Crippen LogP contribution in [0.3, 0.4) is 0 Å². The Labute approximate surface area is 193 Å². The summed E-state index contributed by atoms with van der Waals surface area (Å²) < 4.78 is 42.9. The number of sulfonamides is 1. The second-order valence-corrected chi connectivity index (χ2v) is 10.3. The first-order valence-electron chi connectivity index (χ1n) is 10.1. The Bertz CT molecular complexity index is 955. The van der Waals surface area contributed by atoms with Crippen molar-refractivity contribution in [3.8, 4) is 5.75 Å². The molecule has 0 bridgehead atoms. The van der Waals surface area contributed by atoms with Gasteiger partial charge in [-0.1, -0.05) is 17.7 Å². The van der Waals surface area contributed by atoms with Gasteiger partial charge in [0.1, 0.15) is 29.2 Å². The summed E-state index contributed by atoms with van der Waals surface area (Å²) in [5, 5.41) is 11.5. The maximum Gasteiger partial charge on any atom is 0.407 e. The minimum Gasteiger partial charge on any atom is -0.488 e. The summed E-state index contributed by atoms with van der Waals surface area (Å²) in [7, 11) is -3.17. The normalized spacial score (nSPS) is 13.5. The van der Waals surface area contributed by atoms with Crippen molar-refractivity contribution in [3.05, 3.63) is 29.3 Å². The van der Waals surface area contributed by atoms with Crippen LogP contribution in [-0.2, 0) is 29.1 Å². The monoisotopic (exact) mass is 488 g/mol. The Hall–Kier alpha value is -2.86. The summed E-state index contributed by atoms with van der Waals surface area (Å²) in [6.07, 6.45) is -2.68. The lowest BCUT2D eigenvalue weighted by Gasteiger charge is -2.23. The lowest BCUT2D eigenvalue weighted by molar-refractivity contribution is -0.142. The lowest BCUT2D eigenvalue weighted by atomic mass is 10.1. The van der Waals surface area contributed by atoms with Crippen molar-refractivity contribution in [1.29, 1.82) is 0 Å². The zero-order chi connectivity index (χ0) is 25.4. The minimum atomic E-state index is -4.24. The largest absolute Gasteiger partial charge is 0.488 e. The molecule has 3 N–H and O–H groups in total. The zero-order valence-electron chi connectivity index (χ0n) is 19.6. The summed E-state index contributed by atoms with van der Waals surface area (Å²) in [4.78, 5) is 35.2. The van der Waals surface area contributed by atoms with Crippen LogP contribution in [0.5, 0.6) is 5.75 Å². The van der Waals surface area contributed by atoms with Gasteiger partial charge in [-0.05, 0) is 46.2 Å². The summed E-state index contributed by atoms with van der Waals surface area (Å²) in [5.74, 6) is -2.60. The Morgan fingerprint density at radius 1 is 1.15 bits per heavy atom. The first-order chi connectivity index (χ1) is 15.1. The number of amides is 1. The molecule has 0 radical (unpaired) electrons. The van der Waals surface area contributed by atoms with Crippen LogP contribution >= 0.6 is 0 Å². The molecule has 0 spiro atoms. The molecular formula is C21H32N2O9S. The number of esters is 1. The standard InChI is InChI=1S/C21H32N2O9S/c1-13-7-8-17(14(2)9-13)31-15(10-18(24)25)12-33(28,29)23-16(19(26)30-6)11-22-20(27)32-21(3,4)5/h7-9,15-16,23H,10-12H2,1-6H3,(H,22,27)(H,24,25). The van der Waals surface area contributed by atoms with Gasteiger partial charge in [0.05, 0.1) is 13.5 Å². The maximum atomic E-state index is 12.7. The predicted octanol–water partition coefficient (Wildman–Crippen LogP) is 1.51. The molecule has 0 aromatic heterocycles. The number of hydrogen-bond donors (Lipinski definition) is 3. The van der Waals surface area contributed by atoms with Crippen LogP contribution in [0.4, 0.5) is 4.79 Å². The molecular weight excluding hydrogens is 456 g/mol. The van der Waals surface area contributed by atoms with Crippen LogP contribution < -0.4 is 14.8 Å². The molecule has 2 atom stereocenters. The van der Waals surface area contributed by atoms with E-state index in [-0.39, 0.29) is 0 Å². The molecule has 1 aromatic rings. The number of rotatable bonds is 11. The number of aryl methyl sites for hydroxylation is 2. The molecule has 186 valence electrons. The Kier molecular flexibility index (Phi) is 10.1. The number of nitrogens with one attached hydrogen (secondary N) is 2. The average Bonchev–Trinajstić information content (AvgIpc) is 2.64. The van der Waals surface area contributed by atoms with E-state index in [4.69, 9.17) is 9.47 Å². The molecule has 1 amide bonds. The topological polar surface area (TPSA) is 157 Å². The maximum absolute atomic E-state index is 12.7. The van der Waals surface area contributed by atoms with Gasteiger partial charge < -0.3 is 24.6 Å². The SMILES string of the molecule is COC(=O)C(CNC(=O)OC(C)(C)C)NS(=O)(=O)CC(CC(=O)O)Oc1ccc(C)cc1C. The van der Waals surface area contributed by atoms with E-state index < -0.39 is 64.5 Å². The van der Waals surface area contributed by atoms with E-state index in [1.165, 1.54) is 0 Å². The van der Waals surface area contributed by atoms with Gasteiger partial charge in [-0.2, -0.15) is 4.72 Å². The van der Waals surface area contributed by atoms with Gasteiger partial charge in [0.2, 0.25) is 10.0 Å². The molecule has 33 heavy (non-hydrogen) atoms. The predicted molar refractivity (Wildman–Crippen MR) is 120 cm³/mol. The molecule has 0 saturated carbocycles. The quantitative estimate of drug-likeness (QED) is 0.393. The number of carboxylic acids is 1. The van der Waals surface area contributed by atoms with Gasteiger partial charge in [0, 0.05) is 6.54 Å². The third-order valence-electron chi connectivity index (χ3n) is 4.09. The zero-order valence-corrected chi connectivity index (χ0v) is 20.4. The number of ether oxygens (including phenoxy) is 3. The molecule has 11 nitrogen and oxygen atoms in total. The second kappa shape index (κ2) is 11.8. The van der Waals surface area contributed by atoms with E-state index in [1.54, 1.807) is 39.8 Å². The van der Waals surface area contributed by atoms with Crippen molar-refractivity contribution in [2.75, 3.05) is 19.4 Å². The number of carboxylic acid groups (broad SMARTS) is 1. The number of aliphatic carboxylic acids is 1. The van der Waals surface area contributed by atoms with E-state index >= 15 is 0 Å². The molecule has 0 aliphatic carbocycles. The fourth-order valence-electron chi connectivity index (χ4n) is 2.77. The van der Waals surface area contributed by atoms with Crippen LogP contribution in [0.1, 0.15) is 38.3 Å². The number of carbonyl (C=O) groups is 3. The fourth-order valence-corrected chi connectivity index (χ4v) is 4.15. The van der Waals surface area contributed by atoms with Gasteiger partial charge in [-0.15, -0.1) is 0 Å². The molecule has 0 aliphatic rings. The lowest BCUT2D eigenvalue weighted by Crippen LogP contribution is -2.51. The van der Waals surface area contributed by atoms with E-state index in [0.29, 0.717) is 11.3 Å². The first-order valence-corrected chi connectivity index (χ1v) is 11.8. The van der Waals surface area contributed by atoms with E-state index in [2.05, 4.69) is 14.8 Å². The Balaban J connectivity index is 2.95. The van der Waals surface area contributed by atoms with Gasteiger partial charge >= 0.3 is 18.0 Å². The van der Waals surface area contributed by atoms with Gasteiger partial charge in [0.15, 0.2) is 0 Å². The van der Waals surface area contributed by atoms with E-state index in [9.17, 15) is 27.9 Å². The first kappa shape index (κ1) is 28.2. The molecule has 0 aliphatic heterocycles. The van der Waals surface area contributed by atoms with E-state index in [0.717, 1.165) is 12.7 Å². The van der Waals surface area contributed by atoms with Crippen molar-refractivity contribution in [2.24, 2.45) is 0 Å². The van der Waals surface area contributed by atoms with Crippen LogP contribution in [-0.4, -0.2) is 68.7 Å². The van der Waals surface area contributed by atoms with Crippen LogP contribution in [0.2, 0.25) is 0 Å². The summed E-state index contributed by atoms with van der Waals surface area (Å²) >= 11 is 0. The highest BCUT2D eigenvalue weighted by Gasteiger charge is 2.30. The second-order valence-electron chi connectivity index (χ2n) is 8.46. The summed E-state index contributed by atoms with van der Waals surface area (Å²) in [6.45, 7) is 8.12. The highest BCUT2D eigenvalue weighted by Crippen LogP contribution is 2.21. The molecule has 12 heteroatoms. The fraction of sp³-hybridized carbons (Fsp3) is 0.571. The van der Waals surface area contributed by atoms with Crippen LogP contribution in [0.15, 0.2) is 18.2 Å². The Morgan fingerprint density at radius 2 is 1.79 bits per heavy atom. The molecule has 1 rings (SSSR count). The summed E-state index contributed by atoms with van der Waals surface area (Å²) in [5.41, 5.74) is 0.881. The van der Waals surface area contributed by atoms with Crippen LogP contribution in [0, 0.1) is 13.8 Å². The molecule has 0 heterocycles. The van der Waals surface area contributed by atoms with Crippen molar-refractivity contribution < 1.29 is 42.1 Å². The van der Waals surface area contributed by atoms with Gasteiger partial charge in [-0.25, -0.2) is 13.2 Å². The molecule has 0 saturated heterocycles. The van der Waals surface area contributed by atoms with Crippen molar-refractivity contribution in [2.45, 2.75) is 58.8 Å². The third-order valence-corrected chi connectivity index (χ3v) is 5.54. The molecule has 2 unspecified atom stereocenters.